The summed E-state index contributed by atoms with van der Waals surface area (Å²) in [7, 11) is 0. The van der Waals surface area contributed by atoms with Crippen LogP contribution in [0.1, 0.15) is 31.4 Å². The van der Waals surface area contributed by atoms with Crippen molar-refractivity contribution in [2.75, 3.05) is 6.61 Å². The number of benzene rings is 3. The van der Waals surface area contributed by atoms with E-state index in [0.717, 1.165) is 12.0 Å². The average molecular weight is 497 g/mol. The van der Waals surface area contributed by atoms with Crippen molar-refractivity contribution >= 4 is 23.4 Å². The number of ether oxygens (including phenoxy) is 1. The van der Waals surface area contributed by atoms with E-state index >= 15 is 0 Å². The maximum Gasteiger partial charge on any atom is 0.261 e. The Labute approximate surface area is 210 Å². The topological polar surface area (TPSA) is 58.6 Å². The van der Waals surface area contributed by atoms with E-state index in [1.54, 1.807) is 42.5 Å². The standard InChI is InChI=1S/C28H30ClFN2O3/c1-3-20(2)31-28(34)26(16-21-10-5-4-6-11-21)32(18-22-12-7-8-15-25(22)30)27(33)19-35-24-14-9-13-23(29)17-24/h4-15,17,20,26H,3,16,18-19H2,1-2H3,(H,31,34). The maximum absolute atomic E-state index is 14.6. The molecule has 2 unspecified atom stereocenters. The zero-order valence-electron chi connectivity index (χ0n) is 19.9. The molecule has 0 fully saturated rings. The van der Waals surface area contributed by atoms with Crippen LogP contribution in [0.25, 0.3) is 0 Å². The van der Waals surface area contributed by atoms with Crippen LogP contribution in [-0.2, 0) is 22.6 Å². The highest BCUT2D eigenvalue weighted by Gasteiger charge is 2.31. The highest BCUT2D eigenvalue weighted by molar-refractivity contribution is 6.30. The zero-order valence-corrected chi connectivity index (χ0v) is 20.7. The Kier molecular flexibility index (Phi) is 9.67. The van der Waals surface area contributed by atoms with E-state index in [9.17, 15) is 14.0 Å². The molecule has 0 spiro atoms. The molecule has 2 atom stereocenters. The Hall–Kier alpha value is -3.38. The monoisotopic (exact) mass is 496 g/mol. The molecular weight excluding hydrogens is 467 g/mol. The number of nitrogens with zero attached hydrogens (tertiary/aromatic N) is 1. The lowest BCUT2D eigenvalue weighted by atomic mass is 10.0. The molecular formula is C28H30ClFN2O3. The molecule has 0 saturated heterocycles. The van der Waals surface area contributed by atoms with Gasteiger partial charge in [-0.3, -0.25) is 9.59 Å². The number of nitrogens with one attached hydrogen (secondary N) is 1. The summed E-state index contributed by atoms with van der Waals surface area (Å²) in [5.74, 6) is -0.744. The Morgan fingerprint density at radius 1 is 1.03 bits per heavy atom. The molecule has 0 aliphatic carbocycles. The summed E-state index contributed by atoms with van der Waals surface area (Å²) in [6.07, 6.45) is 1.02. The number of carbonyl (C=O) groups excluding carboxylic acids is 2. The molecule has 0 bridgehead atoms. The molecule has 3 rings (SSSR count). The number of amides is 2. The third-order valence-electron chi connectivity index (χ3n) is 5.73. The van der Waals surface area contributed by atoms with Gasteiger partial charge >= 0.3 is 0 Å². The second-order valence-corrected chi connectivity index (χ2v) is 8.82. The molecule has 1 N–H and O–H groups in total. The first-order valence-electron chi connectivity index (χ1n) is 11.6. The molecule has 5 nitrogen and oxygen atoms in total. The third kappa shape index (κ3) is 7.82. The molecule has 0 saturated carbocycles. The molecule has 3 aromatic carbocycles. The summed E-state index contributed by atoms with van der Waals surface area (Å²) < 4.78 is 20.3. The predicted molar refractivity (Wildman–Crippen MR) is 136 cm³/mol. The van der Waals surface area contributed by atoms with Crippen molar-refractivity contribution in [1.82, 2.24) is 10.2 Å². The Morgan fingerprint density at radius 2 is 1.74 bits per heavy atom. The maximum atomic E-state index is 14.6. The lowest BCUT2D eigenvalue weighted by molar-refractivity contribution is -0.143. The van der Waals surface area contributed by atoms with E-state index in [1.165, 1.54) is 11.0 Å². The van der Waals surface area contributed by atoms with Crippen LogP contribution in [0.15, 0.2) is 78.9 Å². The van der Waals surface area contributed by atoms with E-state index in [2.05, 4.69) is 5.32 Å². The lowest BCUT2D eigenvalue weighted by Crippen LogP contribution is -2.53. The van der Waals surface area contributed by atoms with Gasteiger partial charge in [-0.15, -0.1) is 0 Å². The van der Waals surface area contributed by atoms with E-state index < -0.39 is 17.8 Å². The van der Waals surface area contributed by atoms with Crippen LogP contribution >= 0.6 is 11.6 Å². The molecule has 0 aliphatic heterocycles. The van der Waals surface area contributed by atoms with E-state index in [4.69, 9.17) is 16.3 Å². The largest absolute Gasteiger partial charge is 0.484 e. The molecule has 3 aromatic rings. The van der Waals surface area contributed by atoms with Gasteiger partial charge in [0.25, 0.3) is 5.91 Å². The van der Waals surface area contributed by atoms with Crippen LogP contribution in [0.5, 0.6) is 5.75 Å². The Balaban J connectivity index is 1.92. The predicted octanol–water partition coefficient (Wildman–Crippen LogP) is 5.41. The lowest BCUT2D eigenvalue weighted by Gasteiger charge is -2.32. The molecule has 2 amide bonds. The van der Waals surface area contributed by atoms with Gasteiger partial charge in [-0.05, 0) is 43.2 Å². The first-order valence-corrected chi connectivity index (χ1v) is 12.0. The van der Waals surface area contributed by atoms with Gasteiger partial charge in [0, 0.05) is 29.6 Å². The molecule has 0 radical (unpaired) electrons. The van der Waals surface area contributed by atoms with Crippen LogP contribution < -0.4 is 10.1 Å². The first kappa shape index (κ1) is 26.2. The minimum absolute atomic E-state index is 0.0736. The minimum atomic E-state index is -0.860. The average Bonchev–Trinajstić information content (AvgIpc) is 2.86. The van der Waals surface area contributed by atoms with Gasteiger partial charge in [-0.1, -0.05) is 73.1 Å². The first-order chi connectivity index (χ1) is 16.9. The van der Waals surface area contributed by atoms with Crippen LogP contribution in [0, 0.1) is 5.82 Å². The van der Waals surface area contributed by atoms with Gasteiger partial charge in [0.1, 0.15) is 17.6 Å². The highest BCUT2D eigenvalue weighted by Crippen LogP contribution is 2.20. The van der Waals surface area contributed by atoms with Gasteiger partial charge in [0.05, 0.1) is 0 Å². The fraction of sp³-hybridized carbons (Fsp3) is 0.286. The molecule has 0 heterocycles. The van der Waals surface area contributed by atoms with Crippen LogP contribution in [-0.4, -0.2) is 35.4 Å². The van der Waals surface area contributed by atoms with Crippen LogP contribution in [0.2, 0.25) is 5.02 Å². The van der Waals surface area contributed by atoms with E-state index in [-0.39, 0.29) is 31.5 Å². The molecule has 0 aromatic heterocycles. The summed E-state index contributed by atoms with van der Waals surface area (Å²) in [5, 5.41) is 3.46. The highest BCUT2D eigenvalue weighted by atomic mass is 35.5. The van der Waals surface area contributed by atoms with Crippen molar-refractivity contribution in [3.63, 3.8) is 0 Å². The van der Waals surface area contributed by atoms with Crippen molar-refractivity contribution in [1.29, 1.82) is 0 Å². The van der Waals surface area contributed by atoms with Gasteiger partial charge in [-0.2, -0.15) is 0 Å². The number of carbonyl (C=O) groups is 2. The van der Waals surface area contributed by atoms with Crippen molar-refractivity contribution in [2.24, 2.45) is 0 Å². The second-order valence-electron chi connectivity index (χ2n) is 8.38. The second kappa shape index (κ2) is 12.9. The third-order valence-corrected chi connectivity index (χ3v) is 5.96. The number of rotatable bonds is 11. The summed E-state index contributed by atoms with van der Waals surface area (Å²) in [5.41, 5.74) is 1.21. The van der Waals surface area contributed by atoms with E-state index in [0.29, 0.717) is 16.3 Å². The summed E-state index contributed by atoms with van der Waals surface area (Å²) >= 11 is 6.02. The smallest absolute Gasteiger partial charge is 0.261 e. The van der Waals surface area contributed by atoms with Crippen LogP contribution in [0.3, 0.4) is 0 Å². The van der Waals surface area contributed by atoms with Crippen molar-refractivity contribution in [3.8, 4) is 5.75 Å². The molecule has 0 aliphatic rings. The number of halogens is 2. The van der Waals surface area contributed by atoms with Gasteiger partial charge < -0.3 is 15.0 Å². The summed E-state index contributed by atoms with van der Waals surface area (Å²) in [6.45, 7) is 3.48. The zero-order chi connectivity index (χ0) is 25.2. The van der Waals surface area contributed by atoms with Gasteiger partial charge in [0.2, 0.25) is 5.91 Å². The summed E-state index contributed by atoms with van der Waals surface area (Å²) in [4.78, 5) is 28.3. The Morgan fingerprint density at radius 3 is 2.43 bits per heavy atom. The van der Waals surface area contributed by atoms with E-state index in [1.807, 2.05) is 44.2 Å². The normalized spacial score (nSPS) is 12.5. The fourth-order valence-corrected chi connectivity index (χ4v) is 3.77. The van der Waals surface area contributed by atoms with Crippen molar-refractivity contribution in [3.05, 3.63) is 101 Å². The SMILES string of the molecule is CCC(C)NC(=O)C(Cc1ccccc1)N(Cc1ccccc1F)C(=O)COc1cccc(Cl)c1. The fourth-order valence-electron chi connectivity index (χ4n) is 3.59. The van der Waals surface area contributed by atoms with Gasteiger partial charge in [0.15, 0.2) is 6.61 Å². The van der Waals surface area contributed by atoms with Crippen molar-refractivity contribution < 1.29 is 18.7 Å². The number of hydrogen-bond acceptors (Lipinski definition) is 3. The number of hydrogen-bond donors (Lipinski definition) is 1. The molecule has 7 heteroatoms. The molecule has 35 heavy (non-hydrogen) atoms. The quantitative estimate of drug-likeness (QED) is 0.386. The van der Waals surface area contributed by atoms with Crippen molar-refractivity contribution in [2.45, 2.75) is 45.3 Å². The summed E-state index contributed by atoms with van der Waals surface area (Å²) in [6, 6.07) is 21.5. The Bertz CT molecular complexity index is 1130. The van der Waals surface area contributed by atoms with Crippen LogP contribution in [0.4, 0.5) is 4.39 Å². The van der Waals surface area contributed by atoms with Gasteiger partial charge in [-0.25, -0.2) is 4.39 Å². The minimum Gasteiger partial charge on any atom is -0.484 e. The molecule has 184 valence electrons.